The molecule has 1 unspecified atom stereocenters. The van der Waals surface area contributed by atoms with E-state index in [1.807, 2.05) is 17.5 Å². The normalized spacial score (nSPS) is 22.4. The van der Waals surface area contributed by atoms with E-state index in [1.165, 1.54) is 22.9 Å². The summed E-state index contributed by atoms with van der Waals surface area (Å²) in [6.07, 6.45) is 4.34. The first-order valence-electron chi connectivity index (χ1n) is 5.67. The Morgan fingerprint density at radius 2 is 2.53 bits per heavy atom. The lowest BCUT2D eigenvalue weighted by molar-refractivity contribution is 0.320. The number of hydrogen-bond acceptors (Lipinski definition) is 4. The van der Waals surface area contributed by atoms with E-state index in [2.05, 4.69) is 16.8 Å². The molecule has 1 aromatic rings. The maximum absolute atomic E-state index is 5.68. The van der Waals surface area contributed by atoms with Crippen LogP contribution in [-0.2, 0) is 13.0 Å². The van der Waals surface area contributed by atoms with Gasteiger partial charge < -0.3 is 5.73 Å². The molecule has 0 spiro atoms. The van der Waals surface area contributed by atoms with Crippen LogP contribution < -0.4 is 5.73 Å². The molecule has 1 aliphatic heterocycles. The standard InChI is InChI=1S/C11H19N3S/c1-2-11-13-6-10(15-11)8-14-4-3-9(5-12)7-14/h6,9H,2-5,7-8,12H2,1H3. The van der Waals surface area contributed by atoms with E-state index in [-0.39, 0.29) is 0 Å². The molecule has 3 nitrogen and oxygen atoms in total. The highest BCUT2D eigenvalue weighted by molar-refractivity contribution is 7.11. The molecular weight excluding hydrogens is 206 g/mol. The third kappa shape index (κ3) is 2.77. The molecule has 0 saturated carbocycles. The Morgan fingerprint density at radius 1 is 1.67 bits per heavy atom. The second-order valence-electron chi connectivity index (χ2n) is 4.20. The summed E-state index contributed by atoms with van der Waals surface area (Å²) in [6.45, 7) is 6.41. The summed E-state index contributed by atoms with van der Waals surface area (Å²) >= 11 is 1.84. The topological polar surface area (TPSA) is 42.2 Å². The Balaban J connectivity index is 1.87. The molecule has 1 saturated heterocycles. The van der Waals surface area contributed by atoms with Crippen molar-refractivity contribution in [3.8, 4) is 0 Å². The van der Waals surface area contributed by atoms with Crippen LogP contribution in [0.15, 0.2) is 6.20 Å². The summed E-state index contributed by atoms with van der Waals surface area (Å²) in [7, 11) is 0. The zero-order chi connectivity index (χ0) is 10.7. The van der Waals surface area contributed by atoms with E-state index in [0.717, 1.165) is 26.1 Å². The number of thiazole rings is 1. The summed E-state index contributed by atoms with van der Waals surface area (Å²) in [4.78, 5) is 8.27. The molecule has 2 rings (SSSR count). The van der Waals surface area contributed by atoms with Crippen LogP contribution >= 0.6 is 11.3 Å². The Labute approximate surface area is 95.3 Å². The van der Waals surface area contributed by atoms with Crippen molar-refractivity contribution in [2.24, 2.45) is 11.7 Å². The average Bonchev–Trinajstić information content (AvgIpc) is 2.87. The predicted molar refractivity (Wildman–Crippen MR) is 63.9 cm³/mol. The van der Waals surface area contributed by atoms with E-state index < -0.39 is 0 Å². The van der Waals surface area contributed by atoms with Crippen molar-refractivity contribution in [2.45, 2.75) is 26.3 Å². The van der Waals surface area contributed by atoms with Gasteiger partial charge in [0.1, 0.15) is 0 Å². The molecule has 0 aliphatic carbocycles. The molecular formula is C11H19N3S. The van der Waals surface area contributed by atoms with Gasteiger partial charge in [-0.05, 0) is 31.8 Å². The minimum Gasteiger partial charge on any atom is -0.330 e. The molecule has 1 atom stereocenters. The number of likely N-dealkylation sites (tertiary alicyclic amines) is 1. The van der Waals surface area contributed by atoms with Gasteiger partial charge in [-0.2, -0.15) is 0 Å². The molecule has 0 radical (unpaired) electrons. The van der Waals surface area contributed by atoms with E-state index in [9.17, 15) is 0 Å². The molecule has 2 N–H and O–H groups in total. The van der Waals surface area contributed by atoms with Crippen molar-refractivity contribution in [3.05, 3.63) is 16.1 Å². The minimum atomic E-state index is 0.712. The summed E-state index contributed by atoms with van der Waals surface area (Å²) in [6, 6.07) is 0. The third-order valence-electron chi connectivity index (χ3n) is 2.99. The van der Waals surface area contributed by atoms with E-state index >= 15 is 0 Å². The highest BCUT2D eigenvalue weighted by atomic mass is 32.1. The van der Waals surface area contributed by atoms with Crippen LogP contribution in [-0.4, -0.2) is 29.5 Å². The monoisotopic (exact) mass is 225 g/mol. The minimum absolute atomic E-state index is 0.712. The van der Waals surface area contributed by atoms with Crippen LogP contribution in [0.1, 0.15) is 23.2 Å². The van der Waals surface area contributed by atoms with Gasteiger partial charge in [-0.25, -0.2) is 4.98 Å². The summed E-state index contributed by atoms with van der Waals surface area (Å²) in [5.74, 6) is 0.712. The molecule has 1 aromatic heterocycles. The smallest absolute Gasteiger partial charge is 0.0925 e. The van der Waals surface area contributed by atoms with Crippen LogP contribution in [0, 0.1) is 5.92 Å². The largest absolute Gasteiger partial charge is 0.330 e. The van der Waals surface area contributed by atoms with Gasteiger partial charge in [-0.3, -0.25) is 4.90 Å². The van der Waals surface area contributed by atoms with Gasteiger partial charge >= 0.3 is 0 Å². The van der Waals surface area contributed by atoms with Gasteiger partial charge in [-0.1, -0.05) is 6.92 Å². The maximum atomic E-state index is 5.68. The highest BCUT2D eigenvalue weighted by Gasteiger charge is 2.21. The molecule has 2 heterocycles. The van der Waals surface area contributed by atoms with Gasteiger partial charge in [-0.15, -0.1) is 11.3 Å². The molecule has 84 valence electrons. The van der Waals surface area contributed by atoms with Crippen molar-refractivity contribution >= 4 is 11.3 Å². The van der Waals surface area contributed by atoms with Crippen molar-refractivity contribution in [2.75, 3.05) is 19.6 Å². The van der Waals surface area contributed by atoms with Crippen molar-refractivity contribution in [1.82, 2.24) is 9.88 Å². The SMILES string of the molecule is CCc1ncc(CN2CCC(CN)C2)s1. The second kappa shape index (κ2) is 5.05. The van der Waals surface area contributed by atoms with Crippen LogP contribution in [0.2, 0.25) is 0 Å². The number of aromatic nitrogens is 1. The molecule has 0 aromatic carbocycles. The fourth-order valence-electron chi connectivity index (χ4n) is 2.05. The maximum Gasteiger partial charge on any atom is 0.0925 e. The second-order valence-corrected chi connectivity index (χ2v) is 5.40. The van der Waals surface area contributed by atoms with Gasteiger partial charge in [0.05, 0.1) is 5.01 Å². The predicted octanol–water partition coefficient (Wildman–Crippen LogP) is 1.49. The van der Waals surface area contributed by atoms with Crippen LogP contribution in [0.5, 0.6) is 0 Å². The van der Waals surface area contributed by atoms with Gasteiger partial charge in [0, 0.05) is 24.2 Å². The number of rotatable bonds is 4. The number of nitrogens with two attached hydrogens (primary N) is 1. The third-order valence-corrected chi connectivity index (χ3v) is 4.11. The number of aryl methyl sites for hydroxylation is 1. The fraction of sp³-hybridized carbons (Fsp3) is 0.727. The molecule has 0 bridgehead atoms. The van der Waals surface area contributed by atoms with Crippen molar-refractivity contribution in [1.29, 1.82) is 0 Å². The molecule has 15 heavy (non-hydrogen) atoms. The first kappa shape index (κ1) is 11.0. The zero-order valence-corrected chi connectivity index (χ0v) is 10.1. The first-order chi connectivity index (χ1) is 7.31. The lowest BCUT2D eigenvalue weighted by Crippen LogP contribution is -2.22. The summed E-state index contributed by atoms with van der Waals surface area (Å²) in [5, 5.41) is 1.25. The molecule has 1 fully saturated rings. The zero-order valence-electron chi connectivity index (χ0n) is 9.28. The van der Waals surface area contributed by atoms with E-state index in [1.54, 1.807) is 0 Å². The van der Waals surface area contributed by atoms with E-state index in [4.69, 9.17) is 5.73 Å². The van der Waals surface area contributed by atoms with Crippen molar-refractivity contribution < 1.29 is 0 Å². The fourth-order valence-corrected chi connectivity index (χ4v) is 2.96. The summed E-state index contributed by atoms with van der Waals surface area (Å²) < 4.78 is 0. The Morgan fingerprint density at radius 3 is 3.13 bits per heavy atom. The van der Waals surface area contributed by atoms with Crippen LogP contribution in [0.4, 0.5) is 0 Å². The number of hydrogen-bond donors (Lipinski definition) is 1. The average molecular weight is 225 g/mol. The molecule has 4 heteroatoms. The van der Waals surface area contributed by atoms with Gasteiger partial charge in [0.15, 0.2) is 0 Å². The lowest BCUT2D eigenvalue weighted by Gasteiger charge is -2.13. The molecule has 1 aliphatic rings. The van der Waals surface area contributed by atoms with Crippen LogP contribution in [0.25, 0.3) is 0 Å². The van der Waals surface area contributed by atoms with Crippen LogP contribution in [0.3, 0.4) is 0 Å². The summed E-state index contributed by atoms with van der Waals surface area (Å²) in [5.41, 5.74) is 5.68. The lowest BCUT2D eigenvalue weighted by atomic mass is 10.1. The quantitative estimate of drug-likeness (QED) is 0.844. The number of nitrogens with zero attached hydrogens (tertiary/aromatic N) is 2. The Bertz CT molecular complexity index is 311. The Hall–Kier alpha value is -0.450. The molecule has 0 amide bonds. The van der Waals surface area contributed by atoms with Gasteiger partial charge in [0.25, 0.3) is 0 Å². The van der Waals surface area contributed by atoms with E-state index in [0.29, 0.717) is 5.92 Å². The van der Waals surface area contributed by atoms with Crippen molar-refractivity contribution in [3.63, 3.8) is 0 Å². The van der Waals surface area contributed by atoms with Gasteiger partial charge in [0.2, 0.25) is 0 Å². The highest BCUT2D eigenvalue weighted by Crippen LogP contribution is 2.20. The first-order valence-corrected chi connectivity index (χ1v) is 6.49. The Kier molecular flexibility index (Phi) is 3.72.